The third-order valence-corrected chi connectivity index (χ3v) is 4.67. The minimum atomic E-state index is -0.917. The lowest BCUT2D eigenvalue weighted by molar-refractivity contribution is 0.0697. The summed E-state index contributed by atoms with van der Waals surface area (Å²) in [6.07, 6.45) is 2.35. The fourth-order valence-electron chi connectivity index (χ4n) is 3.44. The molecule has 0 saturated heterocycles. The molecule has 0 radical (unpaired) electrons. The Labute approximate surface area is 130 Å². The van der Waals surface area contributed by atoms with Gasteiger partial charge in [0.15, 0.2) is 0 Å². The van der Waals surface area contributed by atoms with E-state index in [-0.39, 0.29) is 17.6 Å². The first-order valence-electron chi connectivity index (χ1n) is 7.71. The summed E-state index contributed by atoms with van der Waals surface area (Å²) >= 11 is 0. The van der Waals surface area contributed by atoms with Crippen LogP contribution in [-0.4, -0.2) is 22.3 Å². The van der Waals surface area contributed by atoms with Crippen molar-refractivity contribution in [2.45, 2.75) is 37.2 Å². The SMILES string of the molecule is O=C(O)c1ccc([C@H]2CC[C@H](c3ccccc3)C[C@@H]2O)cc1. The van der Waals surface area contributed by atoms with Gasteiger partial charge in [-0.2, -0.15) is 0 Å². The summed E-state index contributed by atoms with van der Waals surface area (Å²) in [4.78, 5) is 10.9. The van der Waals surface area contributed by atoms with Crippen molar-refractivity contribution in [3.05, 3.63) is 71.3 Å². The molecular weight excluding hydrogens is 276 g/mol. The van der Waals surface area contributed by atoms with Gasteiger partial charge in [-0.25, -0.2) is 4.79 Å². The van der Waals surface area contributed by atoms with Crippen LogP contribution in [0.2, 0.25) is 0 Å². The standard InChI is InChI=1S/C19H20O3/c20-18-12-16(13-4-2-1-3-5-13)10-11-17(18)14-6-8-15(9-7-14)19(21)22/h1-9,16-18,20H,10-12H2,(H,21,22)/t16-,17+,18-/m0/s1. The van der Waals surface area contributed by atoms with Gasteiger partial charge >= 0.3 is 5.97 Å². The van der Waals surface area contributed by atoms with Crippen molar-refractivity contribution in [2.24, 2.45) is 0 Å². The highest BCUT2D eigenvalue weighted by Crippen LogP contribution is 2.40. The zero-order valence-corrected chi connectivity index (χ0v) is 12.4. The normalized spacial score (nSPS) is 24.9. The molecule has 0 heterocycles. The number of carboxylic acid groups (broad SMARTS) is 1. The first kappa shape index (κ1) is 14.8. The van der Waals surface area contributed by atoms with Gasteiger partial charge in [-0.05, 0) is 48.4 Å². The molecule has 0 aliphatic heterocycles. The summed E-state index contributed by atoms with van der Waals surface area (Å²) in [5.74, 6) is -0.409. The van der Waals surface area contributed by atoms with E-state index in [4.69, 9.17) is 5.11 Å². The molecule has 2 aromatic rings. The maximum Gasteiger partial charge on any atom is 0.335 e. The third-order valence-electron chi connectivity index (χ3n) is 4.67. The molecule has 1 fully saturated rings. The van der Waals surface area contributed by atoms with E-state index < -0.39 is 5.97 Å². The van der Waals surface area contributed by atoms with Gasteiger partial charge in [0, 0.05) is 5.92 Å². The molecule has 3 nitrogen and oxygen atoms in total. The van der Waals surface area contributed by atoms with Crippen LogP contribution in [-0.2, 0) is 0 Å². The number of carboxylic acids is 1. The Kier molecular flexibility index (Phi) is 4.25. The van der Waals surface area contributed by atoms with Gasteiger partial charge < -0.3 is 10.2 Å². The Morgan fingerprint density at radius 3 is 2.18 bits per heavy atom. The van der Waals surface area contributed by atoms with Crippen LogP contribution < -0.4 is 0 Å². The molecule has 3 atom stereocenters. The number of rotatable bonds is 3. The van der Waals surface area contributed by atoms with E-state index in [9.17, 15) is 9.90 Å². The molecule has 3 rings (SSSR count). The monoisotopic (exact) mass is 296 g/mol. The van der Waals surface area contributed by atoms with E-state index in [0.717, 1.165) is 24.8 Å². The molecule has 1 aliphatic rings. The molecular formula is C19H20O3. The number of hydrogen-bond donors (Lipinski definition) is 2. The van der Waals surface area contributed by atoms with Crippen molar-refractivity contribution in [3.8, 4) is 0 Å². The number of aliphatic hydroxyl groups is 1. The van der Waals surface area contributed by atoms with Gasteiger partial charge in [0.1, 0.15) is 0 Å². The molecule has 22 heavy (non-hydrogen) atoms. The maximum absolute atomic E-state index is 10.9. The Morgan fingerprint density at radius 2 is 1.59 bits per heavy atom. The van der Waals surface area contributed by atoms with Crippen molar-refractivity contribution in [3.63, 3.8) is 0 Å². The Morgan fingerprint density at radius 1 is 0.909 bits per heavy atom. The Balaban J connectivity index is 1.71. The van der Waals surface area contributed by atoms with Crippen LogP contribution in [0, 0.1) is 0 Å². The minimum Gasteiger partial charge on any atom is -0.478 e. The highest BCUT2D eigenvalue weighted by molar-refractivity contribution is 5.87. The lowest BCUT2D eigenvalue weighted by Gasteiger charge is -2.33. The predicted octanol–water partition coefficient (Wildman–Crippen LogP) is 3.80. The third kappa shape index (κ3) is 3.04. The average Bonchev–Trinajstić information content (AvgIpc) is 2.56. The van der Waals surface area contributed by atoms with E-state index in [1.807, 2.05) is 30.3 Å². The average molecular weight is 296 g/mol. The smallest absolute Gasteiger partial charge is 0.335 e. The van der Waals surface area contributed by atoms with Gasteiger partial charge in [0.2, 0.25) is 0 Å². The van der Waals surface area contributed by atoms with Gasteiger partial charge in [0.25, 0.3) is 0 Å². The van der Waals surface area contributed by atoms with Crippen LogP contribution in [0.5, 0.6) is 0 Å². The summed E-state index contributed by atoms with van der Waals surface area (Å²) in [6.45, 7) is 0. The van der Waals surface area contributed by atoms with Crippen molar-refractivity contribution in [1.82, 2.24) is 0 Å². The van der Waals surface area contributed by atoms with Crippen LogP contribution in [0.25, 0.3) is 0 Å². The van der Waals surface area contributed by atoms with Crippen molar-refractivity contribution < 1.29 is 15.0 Å². The van der Waals surface area contributed by atoms with Gasteiger partial charge in [-0.15, -0.1) is 0 Å². The fourth-order valence-corrected chi connectivity index (χ4v) is 3.44. The molecule has 0 spiro atoms. The number of aliphatic hydroxyl groups excluding tert-OH is 1. The van der Waals surface area contributed by atoms with Crippen LogP contribution in [0.3, 0.4) is 0 Å². The zero-order valence-electron chi connectivity index (χ0n) is 12.4. The molecule has 3 heteroatoms. The van der Waals surface area contributed by atoms with Crippen LogP contribution in [0.15, 0.2) is 54.6 Å². The molecule has 114 valence electrons. The summed E-state index contributed by atoms with van der Waals surface area (Å²) in [5.41, 5.74) is 2.61. The first-order chi connectivity index (χ1) is 10.6. The maximum atomic E-state index is 10.9. The summed E-state index contributed by atoms with van der Waals surface area (Å²) in [7, 11) is 0. The summed E-state index contributed by atoms with van der Waals surface area (Å²) < 4.78 is 0. The minimum absolute atomic E-state index is 0.0998. The van der Waals surface area contributed by atoms with Gasteiger partial charge in [0.05, 0.1) is 11.7 Å². The predicted molar refractivity (Wildman–Crippen MR) is 85.2 cm³/mol. The second-order valence-electron chi connectivity index (χ2n) is 6.02. The van der Waals surface area contributed by atoms with Crippen LogP contribution >= 0.6 is 0 Å². The van der Waals surface area contributed by atoms with E-state index in [2.05, 4.69) is 12.1 Å². The number of aromatic carboxylic acids is 1. The Bertz CT molecular complexity index is 633. The Hall–Kier alpha value is -2.13. The van der Waals surface area contributed by atoms with Crippen molar-refractivity contribution >= 4 is 5.97 Å². The van der Waals surface area contributed by atoms with Crippen molar-refractivity contribution in [2.75, 3.05) is 0 Å². The lowest BCUT2D eigenvalue weighted by atomic mass is 9.74. The second kappa shape index (κ2) is 6.32. The molecule has 1 aliphatic carbocycles. The highest BCUT2D eigenvalue weighted by Gasteiger charge is 2.30. The highest BCUT2D eigenvalue weighted by atomic mass is 16.4. The molecule has 2 aromatic carbocycles. The van der Waals surface area contributed by atoms with Crippen LogP contribution in [0.4, 0.5) is 0 Å². The quantitative estimate of drug-likeness (QED) is 0.906. The first-order valence-corrected chi connectivity index (χ1v) is 7.71. The second-order valence-corrected chi connectivity index (χ2v) is 6.02. The van der Waals surface area contributed by atoms with Gasteiger partial charge in [-0.3, -0.25) is 0 Å². The molecule has 0 bridgehead atoms. The van der Waals surface area contributed by atoms with Gasteiger partial charge in [-0.1, -0.05) is 42.5 Å². The van der Waals surface area contributed by atoms with E-state index >= 15 is 0 Å². The molecule has 0 unspecified atom stereocenters. The lowest BCUT2D eigenvalue weighted by Crippen LogP contribution is -2.27. The zero-order chi connectivity index (χ0) is 15.5. The van der Waals surface area contributed by atoms with Crippen molar-refractivity contribution in [1.29, 1.82) is 0 Å². The van der Waals surface area contributed by atoms with Crippen LogP contribution in [0.1, 0.15) is 52.6 Å². The van der Waals surface area contributed by atoms with E-state index in [0.29, 0.717) is 5.92 Å². The van der Waals surface area contributed by atoms with E-state index in [1.54, 1.807) is 12.1 Å². The fraction of sp³-hybridized carbons (Fsp3) is 0.316. The topological polar surface area (TPSA) is 57.5 Å². The number of hydrogen-bond acceptors (Lipinski definition) is 2. The molecule has 2 N–H and O–H groups in total. The molecule has 0 aromatic heterocycles. The summed E-state index contributed by atoms with van der Waals surface area (Å²) in [6, 6.07) is 17.2. The molecule has 0 amide bonds. The largest absolute Gasteiger partial charge is 0.478 e. The number of carbonyl (C=O) groups is 1. The summed E-state index contributed by atoms with van der Waals surface area (Å²) in [5, 5.41) is 19.5. The number of benzene rings is 2. The molecule has 1 saturated carbocycles. The van der Waals surface area contributed by atoms with E-state index in [1.165, 1.54) is 5.56 Å².